The highest BCUT2D eigenvalue weighted by Crippen LogP contribution is 2.21. The number of nitrogens with one attached hydrogen (secondary N) is 2. The van der Waals surface area contributed by atoms with Crippen LogP contribution in [-0.2, 0) is 0 Å². The minimum absolute atomic E-state index is 0.310. The minimum atomic E-state index is -0.699. The summed E-state index contributed by atoms with van der Waals surface area (Å²) in [6, 6.07) is 17.4. The van der Waals surface area contributed by atoms with Crippen LogP contribution < -0.4 is 16.4 Å². The molecule has 2 aromatic carbocycles. The standard InChI is InChI=1S/C21H14BrN5O4/c22-13-4-6-15(7-5-13)27-19(30)11-17(28)20(26-27)21(31)23-14-3-1-2-12(10-14)16-8-9-18(29)25-24-16/h1-11,28H,(H,23,31)(H,25,29). The van der Waals surface area contributed by atoms with Crippen molar-refractivity contribution in [3.63, 3.8) is 0 Å². The van der Waals surface area contributed by atoms with Gasteiger partial charge in [0, 0.05) is 27.9 Å². The van der Waals surface area contributed by atoms with E-state index < -0.39 is 17.2 Å². The molecule has 0 saturated heterocycles. The van der Waals surface area contributed by atoms with E-state index in [2.05, 4.69) is 36.5 Å². The molecule has 3 N–H and O–H groups in total. The molecule has 0 aliphatic rings. The molecule has 4 aromatic rings. The van der Waals surface area contributed by atoms with Gasteiger partial charge in [0.05, 0.1) is 11.4 Å². The van der Waals surface area contributed by atoms with Gasteiger partial charge >= 0.3 is 0 Å². The molecule has 2 heterocycles. The molecule has 2 aromatic heterocycles. The highest BCUT2D eigenvalue weighted by atomic mass is 79.9. The molecule has 0 radical (unpaired) electrons. The molecule has 0 fully saturated rings. The lowest BCUT2D eigenvalue weighted by atomic mass is 10.1. The Hall–Kier alpha value is -4.05. The van der Waals surface area contributed by atoms with Crippen LogP contribution in [0.5, 0.6) is 5.75 Å². The van der Waals surface area contributed by atoms with Crippen molar-refractivity contribution < 1.29 is 9.90 Å². The number of hydrogen-bond acceptors (Lipinski definition) is 6. The van der Waals surface area contributed by atoms with Crippen molar-refractivity contribution in [1.29, 1.82) is 0 Å². The van der Waals surface area contributed by atoms with Gasteiger partial charge in [-0.3, -0.25) is 14.4 Å². The number of hydrogen-bond donors (Lipinski definition) is 3. The molecular weight excluding hydrogens is 466 g/mol. The van der Waals surface area contributed by atoms with E-state index in [1.54, 1.807) is 54.6 Å². The van der Waals surface area contributed by atoms with E-state index in [1.807, 2.05) is 0 Å². The quantitative estimate of drug-likeness (QED) is 0.412. The van der Waals surface area contributed by atoms with Crippen LogP contribution in [0.1, 0.15) is 10.5 Å². The summed E-state index contributed by atoms with van der Waals surface area (Å²) in [4.78, 5) is 36.2. The van der Waals surface area contributed by atoms with Crippen LogP contribution in [0, 0.1) is 0 Å². The van der Waals surface area contributed by atoms with Crippen molar-refractivity contribution >= 4 is 27.5 Å². The zero-order valence-electron chi connectivity index (χ0n) is 15.7. The lowest BCUT2D eigenvalue weighted by molar-refractivity contribution is 0.101. The third-order valence-electron chi connectivity index (χ3n) is 4.29. The molecule has 31 heavy (non-hydrogen) atoms. The third-order valence-corrected chi connectivity index (χ3v) is 4.82. The number of aromatic hydroxyl groups is 1. The number of rotatable bonds is 4. The Morgan fingerprint density at radius 1 is 1.03 bits per heavy atom. The Morgan fingerprint density at radius 3 is 2.52 bits per heavy atom. The van der Waals surface area contributed by atoms with Gasteiger partial charge in [0.2, 0.25) is 0 Å². The topological polar surface area (TPSA) is 130 Å². The fourth-order valence-electron chi connectivity index (χ4n) is 2.83. The van der Waals surface area contributed by atoms with E-state index in [0.29, 0.717) is 22.6 Å². The van der Waals surface area contributed by atoms with Crippen LogP contribution in [0.4, 0.5) is 5.69 Å². The van der Waals surface area contributed by atoms with Crippen LogP contribution in [0.15, 0.2) is 80.8 Å². The maximum atomic E-state index is 12.8. The van der Waals surface area contributed by atoms with E-state index >= 15 is 0 Å². The molecule has 0 bridgehead atoms. The first kappa shape index (κ1) is 20.2. The zero-order valence-corrected chi connectivity index (χ0v) is 17.3. The average Bonchev–Trinajstić information content (AvgIpc) is 2.75. The van der Waals surface area contributed by atoms with Crippen LogP contribution >= 0.6 is 15.9 Å². The maximum Gasteiger partial charge on any atom is 0.279 e. The first-order valence-corrected chi connectivity index (χ1v) is 9.77. The second kappa shape index (κ2) is 8.36. The summed E-state index contributed by atoms with van der Waals surface area (Å²) in [5, 5.41) is 23.1. The van der Waals surface area contributed by atoms with Gasteiger partial charge in [-0.2, -0.15) is 14.9 Å². The molecule has 1 amide bonds. The molecular formula is C21H14BrN5O4. The summed E-state index contributed by atoms with van der Waals surface area (Å²) in [5.74, 6) is -1.23. The Kier molecular flexibility index (Phi) is 5.46. The van der Waals surface area contributed by atoms with E-state index in [1.165, 1.54) is 6.07 Å². The van der Waals surface area contributed by atoms with E-state index in [-0.39, 0.29) is 11.3 Å². The number of halogens is 1. The average molecular weight is 480 g/mol. The molecule has 0 saturated carbocycles. The number of benzene rings is 2. The van der Waals surface area contributed by atoms with E-state index in [4.69, 9.17) is 0 Å². The van der Waals surface area contributed by atoms with Crippen LogP contribution in [0.25, 0.3) is 16.9 Å². The number of nitrogens with zero attached hydrogens (tertiary/aromatic N) is 3. The Labute approximate surface area is 183 Å². The van der Waals surface area contributed by atoms with Crippen molar-refractivity contribution in [2.45, 2.75) is 0 Å². The van der Waals surface area contributed by atoms with E-state index in [0.717, 1.165) is 15.2 Å². The van der Waals surface area contributed by atoms with Gasteiger partial charge in [-0.15, -0.1) is 0 Å². The van der Waals surface area contributed by atoms with Gasteiger partial charge in [-0.25, -0.2) is 5.10 Å². The largest absolute Gasteiger partial charge is 0.505 e. The molecule has 10 heteroatoms. The van der Waals surface area contributed by atoms with Crippen LogP contribution in [-0.4, -0.2) is 31.0 Å². The molecule has 0 aliphatic carbocycles. The Morgan fingerprint density at radius 2 is 1.81 bits per heavy atom. The molecule has 0 unspecified atom stereocenters. The van der Waals surface area contributed by atoms with Gasteiger partial charge in [0.25, 0.3) is 17.0 Å². The highest BCUT2D eigenvalue weighted by molar-refractivity contribution is 9.10. The molecule has 9 nitrogen and oxygen atoms in total. The number of H-pyrrole nitrogens is 1. The second-order valence-corrected chi connectivity index (χ2v) is 7.36. The molecule has 154 valence electrons. The van der Waals surface area contributed by atoms with Crippen molar-refractivity contribution in [3.05, 3.63) is 97.6 Å². The second-order valence-electron chi connectivity index (χ2n) is 6.45. The number of aromatic nitrogens is 4. The lowest BCUT2D eigenvalue weighted by Gasteiger charge is -2.10. The molecule has 0 atom stereocenters. The summed E-state index contributed by atoms with van der Waals surface area (Å²) >= 11 is 3.32. The Bertz CT molecular complexity index is 1380. The SMILES string of the molecule is O=C(Nc1cccc(-c2ccc(=O)[nH]n2)c1)c1nn(-c2ccc(Br)cc2)c(=O)cc1O. The van der Waals surface area contributed by atoms with Gasteiger partial charge in [0.1, 0.15) is 0 Å². The first-order chi connectivity index (χ1) is 14.9. The lowest BCUT2D eigenvalue weighted by Crippen LogP contribution is -2.25. The minimum Gasteiger partial charge on any atom is -0.505 e. The number of carbonyl (C=O) groups excluding carboxylic acids is 1. The van der Waals surface area contributed by atoms with Crippen molar-refractivity contribution in [1.82, 2.24) is 20.0 Å². The normalized spacial score (nSPS) is 10.6. The predicted octanol–water partition coefficient (Wildman–Crippen LogP) is 2.70. The smallest absolute Gasteiger partial charge is 0.279 e. The third kappa shape index (κ3) is 4.43. The summed E-state index contributed by atoms with van der Waals surface area (Å²) < 4.78 is 1.85. The molecule has 0 aliphatic heterocycles. The van der Waals surface area contributed by atoms with Crippen molar-refractivity contribution in [3.8, 4) is 22.7 Å². The number of anilines is 1. The first-order valence-electron chi connectivity index (χ1n) is 8.97. The van der Waals surface area contributed by atoms with Crippen molar-refractivity contribution in [2.75, 3.05) is 5.32 Å². The highest BCUT2D eigenvalue weighted by Gasteiger charge is 2.17. The van der Waals surface area contributed by atoms with E-state index in [9.17, 15) is 19.5 Å². The monoisotopic (exact) mass is 479 g/mol. The van der Waals surface area contributed by atoms with Gasteiger partial charge < -0.3 is 10.4 Å². The number of carbonyl (C=O) groups is 1. The van der Waals surface area contributed by atoms with Gasteiger partial charge in [-0.05, 0) is 42.5 Å². The zero-order chi connectivity index (χ0) is 22.0. The molecule has 0 spiro atoms. The maximum absolute atomic E-state index is 12.8. The summed E-state index contributed by atoms with van der Waals surface area (Å²) in [6.45, 7) is 0. The van der Waals surface area contributed by atoms with Crippen molar-refractivity contribution in [2.24, 2.45) is 0 Å². The number of amides is 1. The Balaban J connectivity index is 1.64. The summed E-state index contributed by atoms with van der Waals surface area (Å²) in [6.07, 6.45) is 0. The van der Waals surface area contributed by atoms with Gasteiger partial charge in [0.15, 0.2) is 11.4 Å². The fourth-order valence-corrected chi connectivity index (χ4v) is 3.09. The molecule has 4 rings (SSSR count). The van der Waals surface area contributed by atoms with Gasteiger partial charge in [-0.1, -0.05) is 28.1 Å². The fraction of sp³-hybridized carbons (Fsp3) is 0. The number of aromatic amines is 1. The summed E-state index contributed by atoms with van der Waals surface area (Å²) in [5.41, 5.74) is 0.811. The summed E-state index contributed by atoms with van der Waals surface area (Å²) in [7, 11) is 0. The van der Waals surface area contributed by atoms with Crippen LogP contribution in [0.3, 0.4) is 0 Å². The predicted molar refractivity (Wildman–Crippen MR) is 117 cm³/mol. The van der Waals surface area contributed by atoms with Crippen LogP contribution in [0.2, 0.25) is 0 Å².